The third-order valence-electron chi connectivity index (χ3n) is 5.00. The minimum Gasteiger partial charge on any atom is -0.353 e. The Morgan fingerprint density at radius 3 is 1.68 bits per heavy atom. The first-order valence-corrected chi connectivity index (χ1v) is 9.16. The summed E-state index contributed by atoms with van der Waals surface area (Å²) in [4.78, 5) is 21.2. The van der Waals surface area contributed by atoms with Crippen molar-refractivity contribution >= 4 is 17.5 Å². The summed E-state index contributed by atoms with van der Waals surface area (Å²) in [5.74, 6) is 2.09. The fourth-order valence-corrected chi connectivity index (χ4v) is 3.30. The van der Waals surface area contributed by atoms with Gasteiger partial charge in [-0.15, -0.1) is 10.2 Å². The molecule has 1 aromatic rings. The number of likely N-dealkylation sites (N-methyl/N-ethyl adjacent to an activating group) is 1. The van der Waals surface area contributed by atoms with Crippen LogP contribution in [-0.2, 0) is 4.79 Å². The lowest BCUT2D eigenvalue weighted by Crippen LogP contribution is -2.52. The zero-order chi connectivity index (χ0) is 18.0. The Kier molecular flexibility index (Phi) is 5.13. The number of aromatic nitrogens is 2. The Bertz CT molecular complexity index is 581. The van der Waals surface area contributed by atoms with Crippen LogP contribution in [0.3, 0.4) is 0 Å². The van der Waals surface area contributed by atoms with E-state index in [2.05, 4.69) is 44.1 Å². The van der Waals surface area contributed by atoms with Crippen molar-refractivity contribution in [1.29, 1.82) is 0 Å². The molecule has 0 spiro atoms. The van der Waals surface area contributed by atoms with Gasteiger partial charge in [-0.3, -0.25) is 4.79 Å². The van der Waals surface area contributed by atoms with Crippen molar-refractivity contribution in [2.24, 2.45) is 5.41 Å². The van der Waals surface area contributed by atoms with Crippen LogP contribution in [0, 0.1) is 5.41 Å². The lowest BCUT2D eigenvalue weighted by molar-refractivity contribution is -0.139. The Balaban J connectivity index is 1.56. The van der Waals surface area contributed by atoms with E-state index in [4.69, 9.17) is 0 Å². The van der Waals surface area contributed by atoms with Gasteiger partial charge in [0.05, 0.1) is 0 Å². The maximum absolute atomic E-state index is 12.4. The molecule has 3 rings (SSSR count). The van der Waals surface area contributed by atoms with Crippen LogP contribution < -0.4 is 9.80 Å². The van der Waals surface area contributed by atoms with Crippen molar-refractivity contribution in [3.8, 4) is 0 Å². The molecule has 2 aliphatic rings. The summed E-state index contributed by atoms with van der Waals surface area (Å²) in [6, 6.07) is 4.13. The van der Waals surface area contributed by atoms with Gasteiger partial charge >= 0.3 is 0 Å². The van der Waals surface area contributed by atoms with Crippen molar-refractivity contribution < 1.29 is 4.79 Å². The number of nitrogens with zero attached hydrogens (tertiary/aromatic N) is 6. The molecule has 0 atom stereocenters. The molecule has 25 heavy (non-hydrogen) atoms. The van der Waals surface area contributed by atoms with E-state index < -0.39 is 0 Å². The molecule has 0 saturated carbocycles. The minimum absolute atomic E-state index is 0.226. The van der Waals surface area contributed by atoms with Gasteiger partial charge in [0.2, 0.25) is 5.91 Å². The van der Waals surface area contributed by atoms with Crippen LogP contribution in [0.5, 0.6) is 0 Å². The van der Waals surface area contributed by atoms with E-state index in [0.717, 1.165) is 64.0 Å². The second kappa shape index (κ2) is 7.15. The third-order valence-corrected chi connectivity index (χ3v) is 5.00. The molecule has 2 aliphatic heterocycles. The summed E-state index contributed by atoms with van der Waals surface area (Å²) in [5.41, 5.74) is -0.313. The summed E-state index contributed by atoms with van der Waals surface area (Å²) < 4.78 is 0. The number of piperazine rings is 2. The van der Waals surface area contributed by atoms with Crippen LogP contribution >= 0.6 is 0 Å². The molecule has 138 valence electrons. The Labute approximate surface area is 150 Å². The molecule has 0 N–H and O–H groups in total. The van der Waals surface area contributed by atoms with E-state index in [1.54, 1.807) is 0 Å². The van der Waals surface area contributed by atoms with Crippen LogP contribution in [0.1, 0.15) is 20.8 Å². The van der Waals surface area contributed by atoms with Crippen LogP contribution in [-0.4, -0.2) is 85.3 Å². The van der Waals surface area contributed by atoms with Crippen LogP contribution in [0.25, 0.3) is 0 Å². The summed E-state index contributed by atoms with van der Waals surface area (Å²) in [6.07, 6.45) is 0. The largest absolute Gasteiger partial charge is 0.353 e. The van der Waals surface area contributed by atoms with Gasteiger partial charge in [0.1, 0.15) is 0 Å². The topological polar surface area (TPSA) is 55.8 Å². The van der Waals surface area contributed by atoms with E-state index in [1.165, 1.54) is 0 Å². The van der Waals surface area contributed by atoms with Crippen molar-refractivity contribution in [3.05, 3.63) is 12.1 Å². The summed E-state index contributed by atoms with van der Waals surface area (Å²) in [7, 11) is 2.15. The zero-order valence-corrected chi connectivity index (χ0v) is 15.9. The predicted molar refractivity (Wildman–Crippen MR) is 100.0 cm³/mol. The van der Waals surface area contributed by atoms with Gasteiger partial charge in [0.15, 0.2) is 11.6 Å². The smallest absolute Gasteiger partial charge is 0.228 e. The van der Waals surface area contributed by atoms with E-state index in [1.807, 2.05) is 25.7 Å². The summed E-state index contributed by atoms with van der Waals surface area (Å²) in [5, 5.41) is 8.86. The number of carbonyl (C=O) groups excluding carboxylic acids is 1. The van der Waals surface area contributed by atoms with Crippen LogP contribution in [0.2, 0.25) is 0 Å². The van der Waals surface area contributed by atoms with E-state index >= 15 is 0 Å². The number of carbonyl (C=O) groups is 1. The normalized spacial score (nSPS) is 20.1. The molecule has 2 saturated heterocycles. The fraction of sp³-hybridized carbons (Fsp3) is 0.722. The zero-order valence-electron chi connectivity index (χ0n) is 15.9. The molecule has 7 heteroatoms. The van der Waals surface area contributed by atoms with E-state index in [0.29, 0.717) is 0 Å². The molecular formula is C18H30N6O. The van der Waals surface area contributed by atoms with Crippen LogP contribution in [0.4, 0.5) is 11.6 Å². The summed E-state index contributed by atoms with van der Waals surface area (Å²) >= 11 is 0. The molecule has 2 fully saturated rings. The molecule has 0 aliphatic carbocycles. The second-order valence-electron chi connectivity index (χ2n) is 8.07. The van der Waals surface area contributed by atoms with Gasteiger partial charge < -0.3 is 19.6 Å². The first-order valence-electron chi connectivity index (χ1n) is 9.16. The SMILES string of the molecule is CN1CCN(c2ccc(N3CCN(C(=O)C(C)(C)C)CC3)nn2)CC1. The first kappa shape index (κ1) is 17.9. The first-order chi connectivity index (χ1) is 11.8. The van der Waals surface area contributed by atoms with E-state index in [9.17, 15) is 4.79 Å². The average molecular weight is 346 g/mol. The number of hydrogen-bond acceptors (Lipinski definition) is 6. The highest BCUT2D eigenvalue weighted by atomic mass is 16.2. The highest BCUT2D eigenvalue weighted by Gasteiger charge is 2.30. The highest BCUT2D eigenvalue weighted by molar-refractivity contribution is 5.81. The molecule has 3 heterocycles. The number of rotatable bonds is 2. The standard InChI is InChI=1S/C18H30N6O/c1-18(2,3)17(25)24-13-11-23(12-14-24)16-6-5-15(19-20-16)22-9-7-21(4)8-10-22/h5-6H,7-14H2,1-4H3. The maximum Gasteiger partial charge on any atom is 0.228 e. The second-order valence-corrected chi connectivity index (χ2v) is 8.07. The van der Waals surface area contributed by atoms with Crippen molar-refractivity contribution in [1.82, 2.24) is 20.0 Å². The molecule has 0 unspecified atom stereocenters. The summed E-state index contributed by atoms with van der Waals surface area (Å²) in [6.45, 7) is 13.2. The van der Waals surface area contributed by atoms with Crippen molar-refractivity contribution in [3.63, 3.8) is 0 Å². The van der Waals surface area contributed by atoms with Gasteiger partial charge in [-0.2, -0.15) is 0 Å². The van der Waals surface area contributed by atoms with E-state index in [-0.39, 0.29) is 11.3 Å². The number of amides is 1. The molecule has 1 amide bonds. The number of hydrogen-bond donors (Lipinski definition) is 0. The maximum atomic E-state index is 12.4. The average Bonchev–Trinajstić information content (AvgIpc) is 2.61. The molecule has 0 radical (unpaired) electrons. The van der Waals surface area contributed by atoms with Gasteiger partial charge in [-0.1, -0.05) is 20.8 Å². The molecular weight excluding hydrogens is 316 g/mol. The van der Waals surface area contributed by atoms with Crippen molar-refractivity contribution in [2.45, 2.75) is 20.8 Å². The Morgan fingerprint density at radius 2 is 1.28 bits per heavy atom. The predicted octanol–water partition coefficient (Wildman–Crippen LogP) is 0.923. The fourth-order valence-electron chi connectivity index (χ4n) is 3.30. The number of anilines is 2. The lowest BCUT2D eigenvalue weighted by atomic mass is 9.94. The van der Waals surface area contributed by atoms with Crippen molar-refractivity contribution in [2.75, 3.05) is 69.2 Å². The Morgan fingerprint density at radius 1 is 0.840 bits per heavy atom. The Hall–Kier alpha value is -1.89. The molecule has 0 aromatic carbocycles. The minimum atomic E-state index is -0.313. The van der Waals surface area contributed by atoms with Crippen LogP contribution in [0.15, 0.2) is 12.1 Å². The van der Waals surface area contributed by atoms with Gasteiger partial charge in [-0.05, 0) is 19.2 Å². The molecule has 1 aromatic heterocycles. The van der Waals surface area contributed by atoms with Gasteiger partial charge in [0.25, 0.3) is 0 Å². The lowest BCUT2D eigenvalue weighted by Gasteiger charge is -2.38. The van der Waals surface area contributed by atoms with Gasteiger partial charge in [-0.25, -0.2) is 0 Å². The molecule has 0 bridgehead atoms. The monoisotopic (exact) mass is 346 g/mol. The molecule has 7 nitrogen and oxygen atoms in total. The highest BCUT2D eigenvalue weighted by Crippen LogP contribution is 2.21. The quantitative estimate of drug-likeness (QED) is 0.794. The van der Waals surface area contributed by atoms with Gasteiger partial charge in [0, 0.05) is 57.8 Å². The third kappa shape index (κ3) is 4.21.